The molecule has 2 heterocycles. The van der Waals surface area contributed by atoms with Gasteiger partial charge in [0.1, 0.15) is 11.6 Å². The zero-order chi connectivity index (χ0) is 15.9. The van der Waals surface area contributed by atoms with Gasteiger partial charge in [-0.25, -0.2) is 18.5 Å². The molecule has 0 fully saturated rings. The van der Waals surface area contributed by atoms with Gasteiger partial charge in [-0.2, -0.15) is 0 Å². The van der Waals surface area contributed by atoms with Gasteiger partial charge >= 0.3 is 0 Å². The number of ether oxygens (including phenoxy) is 1. The van der Waals surface area contributed by atoms with E-state index in [0.29, 0.717) is 16.9 Å². The van der Waals surface area contributed by atoms with Gasteiger partial charge in [0.2, 0.25) is 10.0 Å². The Labute approximate surface area is 125 Å². The van der Waals surface area contributed by atoms with E-state index in [-0.39, 0.29) is 21.7 Å². The van der Waals surface area contributed by atoms with Crippen molar-refractivity contribution >= 4 is 21.1 Å². The lowest BCUT2D eigenvalue weighted by molar-refractivity contribution is 0.415. The Bertz CT molecular complexity index is 1020. The average molecular weight is 320 g/mol. The maximum atomic E-state index is 11.7. The van der Waals surface area contributed by atoms with Gasteiger partial charge in [0, 0.05) is 12.3 Å². The number of sulfonamides is 1. The fourth-order valence-electron chi connectivity index (χ4n) is 2.12. The summed E-state index contributed by atoms with van der Waals surface area (Å²) in [5.41, 5.74) is 1.03. The van der Waals surface area contributed by atoms with Crippen molar-refractivity contribution < 1.29 is 13.2 Å². The van der Waals surface area contributed by atoms with Crippen LogP contribution in [0.2, 0.25) is 0 Å². The van der Waals surface area contributed by atoms with E-state index >= 15 is 0 Å². The third-order valence-corrected chi connectivity index (χ3v) is 4.08. The van der Waals surface area contributed by atoms with Crippen LogP contribution in [0.25, 0.3) is 22.4 Å². The van der Waals surface area contributed by atoms with E-state index in [1.165, 1.54) is 31.5 Å². The van der Waals surface area contributed by atoms with E-state index in [1.54, 1.807) is 6.07 Å². The number of hydrogen-bond acceptors (Lipinski definition) is 5. The number of pyridine rings is 1. The Kier molecular flexibility index (Phi) is 3.23. The number of methoxy groups -OCH3 is 1. The van der Waals surface area contributed by atoms with Crippen molar-refractivity contribution in [1.29, 1.82) is 0 Å². The van der Waals surface area contributed by atoms with Crippen molar-refractivity contribution in [2.24, 2.45) is 5.14 Å². The van der Waals surface area contributed by atoms with Crippen molar-refractivity contribution in [3.63, 3.8) is 0 Å². The summed E-state index contributed by atoms with van der Waals surface area (Å²) in [5, 5.41) is 5.10. The van der Waals surface area contributed by atoms with Crippen LogP contribution in [0.1, 0.15) is 0 Å². The third-order valence-electron chi connectivity index (χ3n) is 3.17. The molecule has 1 aromatic carbocycles. The molecule has 0 amide bonds. The van der Waals surface area contributed by atoms with Crippen LogP contribution in [0.5, 0.6) is 5.75 Å². The number of nitrogens with one attached hydrogen (secondary N) is 2. The van der Waals surface area contributed by atoms with Gasteiger partial charge < -0.3 is 14.7 Å². The highest BCUT2D eigenvalue weighted by Crippen LogP contribution is 2.30. The van der Waals surface area contributed by atoms with E-state index in [4.69, 9.17) is 9.88 Å². The molecule has 0 aliphatic rings. The minimum atomic E-state index is -3.83. The third kappa shape index (κ3) is 2.36. The molecule has 3 rings (SSSR count). The number of rotatable bonds is 3. The van der Waals surface area contributed by atoms with Gasteiger partial charge in [-0.3, -0.25) is 4.79 Å². The maximum Gasteiger partial charge on any atom is 0.276 e. The molecule has 0 bridgehead atoms. The molecule has 4 N–H and O–H groups in total. The monoisotopic (exact) mass is 320 g/mol. The topological polar surface area (TPSA) is 131 Å². The van der Waals surface area contributed by atoms with Crippen LogP contribution >= 0.6 is 0 Å². The van der Waals surface area contributed by atoms with Crippen molar-refractivity contribution in [2.75, 3.05) is 7.11 Å². The highest BCUT2D eigenvalue weighted by atomic mass is 32.2. The lowest BCUT2D eigenvalue weighted by atomic mass is 10.2. The molecule has 0 unspecified atom stereocenters. The first-order valence-corrected chi connectivity index (χ1v) is 7.73. The standard InChI is InChI=1S/C13H12N4O4S/c1-21-10-6-7(22(14,19)20)2-3-8(10)12-16-9-4-5-15-13(18)11(9)17-12/h2-6H,1H3,(H,15,18)(H,16,17)(H2,14,19,20). The minimum absolute atomic E-state index is 0.0675. The molecule has 0 saturated carbocycles. The van der Waals surface area contributed by atoms with Gasteiger partial charge in [-0.1, -0.05) is 0 Å². The number of hydrogen-bond donors (Lipinski definition) is 3. The summed E-state index contributed by atoms with van der Waals surface area (Å²) in [6.07, 6.45) is 1.51. The van der Waals surface area contributed by atoms with Crippen LogP contribution in [0.3, 0.4) is 0 Å². The molecule has 9 heteroatoms. The van der Waals surface area contributed by atoms with Gasteiger partial charge in [-0.15, -0.1) is 0 Å². The molecular formula is C13H12N4O4S. The highest BCUT2D eigenvalue weighted by molar-refractivity contribution is 7.89. The number of H-pyrrole nitrogens is 2. The summed E-state index contributed by atoms with van der Waals surface area (Å²) in [4.78, 5) is 21.4. The summed E-state index contributed by atoms with van der Waals surface area (Å²) in [6, 6.07) is 5.86. The maximum absolute atomic E-state index is 11.7. The van der Waals surface area contributed by atoms with Gasteiger partial charge in [0.15, 0.2) is 5.52 Å². The minimum Gasteiger partial charge on any atom is -0.496 e. The molecule has 2 aromatic heterocycles. The van der Waals surface area contributed by atoms with Crippen LogP contribution < -0.4 is 15.4 Å². The van der Waals surface area contributed by atoms with E-state index in [9.17, 15) is 13.2 Å². The quantitative estimate of drug-likeness (QED) is 0.649. The van der Waals surface area contributed by atoms with Crippen LogP contribution in [-0.2, 0) is 10.0 Å². The predicted octanol–water partition coefficient (Wildman–Crippen LogP) is 0.574. The average Bonchev–Trinajstić information content (AvgIpc) is 2.91. The molecule has 8 nitrogen and oxygen atoms in total. The van der Waals surface area contributed by atoms with Gasteiger partial charge in [0.05, 0.1) is 23.1 Å². The van der Waals surface area contributed by atoms with Crippen LogP contribution in [0, 0.1) is 0 Å². The van der Waals surface area contributed by atoms with Crippen LogP contribution in [-0.4, -0.2) is 30.5 Å². The fraction of sp³-hybridized carbons (Fsp3) is 0.0769. The zero-order valence-electron chi connectivity index (χ0n) is 11.5. The van der Waals surface area contributed by atoms with Crippen molar-refractivity contribution in [2.45, 2.75) is 4.90 Å². The SMILES string of the molecule is COc1cc(S(N)(=O)=O)ccc1-c1nc2c(=O)[nH]ccc2[nH]1. The Morgan fingerprint density at radius 3 is 2.68 bits per heavy atom. The van der Waals surface area contributed by atoms with Crippen LogP contribution in [0.4, 0.5) is 0 Å². The molecule has 0 radical (unpaired) electrons. The molecular weight excluding hydrogens is 308 g/mol. The first-order chi connectivity index (χ1) is 10.4. The first kappa shape index (κ1) is 14.3. The van der Waals surface area contributed by atoms with Crippen molar-refractivity contribution in [1.82, 2.24) is 15.0 Å². The Morgan fingerprint density at radius 1 is 1.27 bits per heavy atom. The first-order valence-electron chi connectivity index (χ1n) is 6.19. The molecule has 22 heavy (non-hydrogen) atoms. The largest absolute Gasteiger partial charge is 0.496 e. The van der Waals surface area contributed by atoms with Crippen molar-refractivity contribution in [3.8, 4) is 17.1 Å². The second-order valence-corrected chi connectivity index (χ2v) is 6.12. The number of benzene rings is 1. The summed E-state index contributed by atoms with van der Waals surface area (Å²) in [6.45, 7) is 0. The molecule has 0 aliphatic heterocycles. The normalized spacial score (nSPS) is 11.7. The van der Waals surface area contributed by atoms with E-state index < -0.39 is 10.0 Å². The molecule has 0 saturated heterocycles. The summed E-state index contributed by atoms with van der Waals surface area (Å²) in [5.74, 6) is 0.673. The second kappa shape index (κ2) is 4.97. The number of fused-ring (bicyclic) bond motifs is 1. The highest BCUT2D eigenvalue weighted by Gasteiger charge is 2.16. The van der Waals surface area contributed by atoms with Gasteiger partial charge in [0.25, 0.3) is 5.56 Å². The van der Waals surface area contributed by atoms with E-state index in [1.807, 2.05) is 0 Å². The molecule has 114 valence electrons. The number of primary sulfonamides is 1. The van der Waals surface area contributed by atoms with Crippen molar-refractivity contribution in [3.05, 3.63) is 40.8 Å². The fourth-order valence-corrected chi connectivity index (χ4v) is 2.65. The van der Waals surface area contributed by atoms with Gasteiger partial charge in [-0.05, 0) is 18.2 Å². The zero-order valence-corrected chi connectivity index (χ0v) is 12.3. The Morgan fingerprint density at radius 2 is 2.05 bits per heavy atom. The lowest BCUT2D eigenvalue weighted by Gasteiger charge is -2.07. The number of aromatic nitrogens is 3. The smallest absolute Gasteiger partial charge is 0.276 e. The number of aromatic amines is 2. The van der Waals surface area contributed by atoms with Crippen LogP contribution in [0.15, 0.2) is 40.2 Å². The molecule has 0 atom stereocenters. The molecule has 0 spiro atoms. The molecule has 3 aromatic rings. The van der Waals surface area contributed by atoms with E-state index in [0.717, 1.165) is 0 Å². The predicted molar refractivity (Wildman–Crippen MR) is 80.1 cm³/mol. The second-order valence-electron chi connectivity index (χ2n) is 4.56. The Balaban J connectivity index is 2.22. The summed E-state index contributed by atoms with van der Waals surface area (Å²) >= 11 is 0. The number of nitrogens with zero attached hydrogens (tertiary/aromatic N) is 1. The number of nitrogens with two attached hydrogens (primary N) is 1. The summed E-state index contributed by atoms with van der Waals surface area (Å²) < 4.78 is 28.0. The molecule has 0 aliphatic carbocycles. The lowest BCUT2D eigenvalue weighted by Crippen LogP contribution is -2.12. The Hall–Kier alpha value is -2.65. The number of imidazole rings is 1. The summed E-state index contributed by atoms with van der Waals surface area (Å²) in [7, 11) is -2.43. The van der Waals surface area contributed by atoms with E-state index in [2.05, 4.69) is 15.0 Å².